The highest BCUT2D eigenvalue weighted by molar-refractivity contribution is 9.11. The molecule has 0 heterocycles. The third-order valence-electron chi connectivity index (χ3n) is 0.836. The van der Waals surface area contributed by atoms with Crippen molar-refractivity contribution >= 4 is 15.9 Å². The Morgan fingerprint density at radius 1 is 1.70 bits per heavy atom. The van der Waals surface area contributed by atoms with Crippen molar-refractivity contribution < 1.29 is 4.74 Å². The largest absolute Gasteiger partial charge is 0.493 e. The molecule has 0 spiro atoms. The van der Waals surface area contributed by atoms with Crippen LogP contribution in [0.1, 0.15) is 6.92 Å². The molecule has 2 heteroatoms. The van der Waals surface area contributed by atoms with Crippen LogP contribution >= 0.6 is 15.9 Å². The molecule has 0 aromatic carbocycles. The summed E-state index contributed by atoms with van der Waals surface area (Å²) < 4.78 is 5.93. The Morgan fingerprint density at radius 2 is 2.30 bits per heavy atom. The average molecular weight is 203 g/mol. The smallest absolute Gasteiger partial charge is 0.132 e. The van der Waals surface area contributed by atoms with E-state index in [0.29, 0.717) is 6.61 Å². The van der Waals surface area contributed by atoms with E-state index in [9.17, 15) is 0 Å². The number of rotatable bonds is 4. The van der Waals surface area contributed by atoms with Crippen molar-refractivity contribution in [2.75, 3.05) is 6.61 Å². The van der Waals surface area contributed by atoms with Crippen LogP contribution in [-0.4, -0.2) is 6.61 Å². The molecular formula is C8H11BrO. The van der Waals surface area contributed by atoms with Crippen LogP contribution < -0.4 is 0 Å². The molecule has 10 heavy (non-hydrogen) atoms. The molecule has 1 nitrogen and oxygen atoms in total. The van der Waals surface area contributed by atoms with E-state index < -0.39 is 0 Å². The highest BCUT2D eigenvalue weighted by atomic mass is 79.9. The number of allylic oxidation sites excluding steroid dienone is 3. The first-order valence-corrected chi connectivity index (χ1v) is 3.82. The van der Waals surface area contributed by atoms with Gasteiger partial charge in [0, 0.05) is 0 Å². The van der Waals surface area contributed by atoms with Crippen LogP contribution in [0.2, 0.25) is 0 Å². The molecule has 0 aliphatic heterocycles. The second-order valence-electron chi connectivity index (χ2n) is 1.60. The topological polar surface area (TPSA) is 9.23 Å². The molecule has 0 rings (SSSR count). The molecule has 56 valence electrons. The van der Waals surface area contributed by atoms with Gasteiger partial charge in [0.1, 0.15) is 5.76 Å². The molecule has 0 saturated heterocycles. The summed E-state index contributed by atoms with van der Waals surface area (Å²) in [5.74, 6) is 0.734. The van der Waals surface area contributed by atoms with Crippen LogP contribution in [0.3, 0.4) is 0 Å². The van der Waals surface area contributed by atoms with Gasteiger partial charge >= 0.3 is 0 Å². The summed E-state index contributed by atoms with van der Waals surface area (Å²) in [6, 6.07) is 0. The SMILES string of the molecule is C=C/C=C(/OCC)C(=C)Br. The summed E-state index contributed by atoms with van der Waals surface area (Å²) in [7, 11) is 0. The Labute approximate surface area is 70.2 Å². The zero-order chi connectivity index (χ0) is 7.98. The monoisotopic (exact) mass is 202 g/mol. The summed E-state index contributed by atoms with van der Waals surface area (Å²) in [5, 5.41) is 0. The molecule has 0 unspecified atom stereocenters. The Hall–Kier alpha value is -0.500. The second-order valence-corrected chi connectivity index (χ2v) is 2.56. The number of halogens is 1. The first-order valence-electron chi connectivity index (χ1n) is 3.02. The predicted octanol–water partition coefficient (Wildman–Crippen LogP) is 3.00. The maximum atomic E-state index is 5.19. The van der Waals surface area contributed by atoms with Crippen molar-refractivity contribution in [1.29, 1.82) is 0 Å². The number of ether oxygens (including phenoxy) is 1. The quantitative estimate of drug-likeness (QED) is 0.504. The standard InChI is InChI=1S/C8H11BrO/c1-4-6-8(7(3)9)10-5-2/h4,6H,1,3,5H2,2H3/b8-6+. The molecule has 0 fully saturated rings. The Bertz CT molecular complexity index is 159. The first kappa shape index (κ1) is 9.50. The fourth-order valence-electron chi connectivity index (χ4n) is 0.479. The van der Waals surface area contributed by atoms with Crippen LogP contribution in [0.4, 0.5) is 0 Å². The molecule has 0 bridgehead atoms. The summed E-state index contributed by atoms with van der Waals surface area (Å²) in [5.41, 5.74) is 0. The van der Waals surface area contributed by atoms with Gasteiger partial charge in [-0.1, -0.05) is 19.2 Å². The van der Waals surface area contributed by atoms with Crippen LogP contribution in [-0.2, 0) is 4.74 Å². The third-order valence-corrected chi connectivity index (χ3v) is 1.23. The van der Waals surface area contributed by atoms with E-state index in [1.54, 1.807) is 12.2 Å². The first-order chi connectivity index (χ1) is 4.72. The molecule has 0 N–H and O–H groups in total. The van der Waals surface area contributed by atoms with E-state index in [0.717, 1.165) is 10.2 Å². The summed E-state index contributed by atoms with van der Waals surface area (Å²) >= 11 is 3.21. The fraction of sp³-hybridized carbons (Fsp3) is 0.250. The van der Waals surface area contributed by atoms with E-state index in [-0.39, 0.29) is 0 Å². The highest BCUT2D eigenvalue weighted by Crippen LogP contribution is 2.15. The highest BCUT2D eigenvalue weighted by Gasteiger charge is 1.95. The van der Waals surface area contributed by atoms with E-state index in [2.05, 4.69) is 29.1 Å². The van der Waals surface area contributed by atoms with Gasteiger partial charge in [0.25, 0.3) is 0 Å². The predicted molar refractivity (Wildman–Crippen MR) is 48.0 cm³/mol. The van der Waals surface area contributed by atoms with E-state index in [1.807, 2.05) is 6.92 Å². The lowest BCUT2D eigenvalue weighted by Crippen LogP contribution is -1.89. The van der Waals surface area contributed by atoms with Gasteiger partial charge in [-0.05, 0) is 28.9 Å². The van der Waals surface area contributed by atoms with Crippen molar-refractivity contribution in [1.82, 2.24) is 0 Å². The van der Waals surface area contributed by atoms with Gasteiger partial charge in [-0.15, -0.1) is 0 Å². The molecular weight excluding hydrogens is 192 g/mol. The van der Waals surface area contributed by atoms with E-state index >= 15 is 0 Å². The second kappa shape index (κ2) is 5.30. The van der Waals surface area contributed by atoms with E-state index in [4.69, 9.17) is 4.74 Å². The average Bonchev–Trinajstić information content (AvgIpc) is 1.87. The lowest BCUT2D eigenvalue weighted by Gasteiger charge is -2.04. The molecule has 0 aromatic heterocycles. The normalized spacial score (nSPS) is 10.8. The van der Waals surface area contributed by atoms with Gasteiger partial charge in [-0.3, -0.25) is 0 Å². The molecule has 0 aliphatic rings. The van der Waals surface area contributed by atoms with Gasteiger partial charge < -0.3 is 4.74 Å². The Balaban J connectivity index is 4.11. The van der Waals surface area contributed by atoms with Gasteiger partial charge in [-0.2, -0.15) is 0 Å². The Morgan fingerprint density at radius 3 is 2.60 bits per heavy atom. The van der Waals surface area contributed by atoms with Gasteiger partial charge in [0.15, 0.2) is 0 Å². The van der Waals surface area contributed by atoms with Crippen molar-refractivity contribution in [3.8, 4) is 0 Å². The van der Waals surface area contributed by atoms with Crippen molar-refractivity contribution in [3.05, 3.63) is 35.6 Å². The van der Waals surface area contributed by atoms with Crippen molar-refractivity contribution in [2.45, 2.75) is 6.92 Å². The van der Waals surface area contributed by atoms with Gasteiger partial charge in [0.05, 0.1) is 11.1 Å². The summed E-state index contributed by atoms with van der Waals surface area (Å²) in [6.07, 6.45) is 3.43. The summed E-state index contributed by atoms with van der Waals surface area (Å²) in [6.45, 7) is 9.78. The fourth-order valence-corrected chi connectivity index (χ4v) is 0.726. The van der Waals surface area contributed by atoms with Crippen LogP contribution in [0.5, 0.6) is 0 Å². The van der Waals surface area contributed by atoms with Gasteiger partial charge in [0.2, 0.25) is 0 Å². The van der Waals surface area contributed by atoms with Crippen LogP contribution in [0.25, 0.3) is 0 Å². The minimum Gasteiger partial charge on any atom is -0.493 e. The lowest BCUT2D eigenvalue weighted by molar-refractivity contribution is 0.242. The zero-order valence-corrected chi connectivity index (χ0v) is 7.65. The maximum Gasteiger partial charge on any atom is 0.132 e. The van der Waals surface area contributed by atoms with Crippen LogP contribution in [0, 0.1) is 0 Å². The molecule has 0 saturated carbocycles. The van der Waals surface area contributed by atoms with Crippen LogP contribution in [0.15, 0.2) is 35.6 Å². The Kier molecular flexibility index (Phi) is 5.03. The molecule has 0 radical (unpaired) electrons. The third kappa shape index (κ3) is 3.51. The van der Waals surface area contributed by atoms with Crippen molar-refractivity contribution in [2.24, 2.45) is 0 Å². The van der Waals surface area contributed by atoms with E-state index in [1.165, 1.54) is 0 Å². The minimum absolute atomic E-state index is 0.643. The maximum absolute atomic E-state index is 5.19. The lowest BCUT2D eigenvalue weighted by atomic mass is 10.4. The zero-order valence-electron chi connectivity index (χ0n) is 6.06. The molecule has 0 atom stereocenters. The number of hydrogen-bond donors (Lipinski definition) is 0. The molecule has 0 aromatic rings. The summed E-state index contributed by atoms with van der Waals surface area (Å²) in [4.78, 5) is 0. The van der Waals surface area contributed by atoms with Gasteiger partial charge in [-0.25, -0.2) is 0 Å². The number of hydrogen-bond acceptors (Lipinski definition) is 1. The molecule has 0 aliphatic carbocycles. The molecule has 0 amide bonds. The van der Waals surface area contributed by atoms with Crippen molar-refractivity contribution in [3.63, 3.8) is 0 Å². The minimum atomic E-state index is 0.643.